The highest BCUT2D eigenvalue weighted by Crippen LogP contribution is 2.26. The third kappa shape index (κ3) is 1.78. The number of nitrogen functional groups attached to an aromatic ring is 1. The van der Waals surface area contributed by atoms with E-state index in [9.17, 15) is 0 Å². The van der Waals surface area contributed by atoms with Gasteiger partial charge in [0.1, 0.15) is 5.52 Å². The molecule has 0 amide bonds. The van der Waals surface area contributed by atoms with Gasteiger partial charge in [-0.1, -0.05) is 12.8 Å². The van der Waals surface area contributed by atoms with Gasteiger partial charge in [-0.2, -0.15) is 4.98 Å². The fraction of sp³-hybridized carbons (Fsp3) is 0.500. The third-order valence-electron chi connectivity index (χ3n) is 3.70. The summed E-state index contributed by atoms with van der Waals surface area (Å²) in [6, 6.07) is 4.42. The van der Waals surface area contributed by atoms with Crippen LogP contribution in [0.4, 0.5) is 11.8 Å². The van der Waals surface area contributed by atoms with E-state index in [0.717, 1.165) is 11.5 Å². The average molecular weight is 246 g/mol. The maximum absolute atomic E-state index is 5.53. The molecule has 0 spiro atoms. The van der Waals surface area contributed by atoms with Crippen molar-refractivity contribution in [2.75, 3.05) is 17.4 Å². The van der Waals surface area contributed by atoms with Crippen LogP contribution in [0.2, 0.25) is 0 Å². The smallest absolute Gasteiger partial charge is 0.245 e. The van der Waals surface area contributed by atoms with E-state index in [4.69, 9.17) is 5.84 Å². The van der Waals surface area contributed by atoms with Crippen LogP contribution in [0, 0.1) is 0 Å². The van der Waals surface area contributed by atoms with Crippen LogP contribution < -0.4 is 16.2 Å². The Kier molecular flexibility index (Phi) is 2.79. The third-order valence-corrected chi connectivity index (χ3v) is 3.70. The van der Waals surface area contributed by atoms with Crippen LogP contribution in [-0.2, 0) is 0 Å². The Balaban J connectivity index is 2.00. The number of anilines is 2. The highest BCUT2D eigenvalue weighted by Gasteiger charge is 2.22. The lowest BCUT2D eigenvalue weighted by Gasteiger charge is -2.24. The number of fused-ring (bicyclic) bond motifs is 1. The highest BCUT2D eigenvalue weighted by atomic mass is 15.4. The van der Waals surface area contributed by atoms with Crippen molar-refractivity contribution < 1.29 is 0 Å². The van der Waals surface area contributed by atoms with E-state index >= 15 is 0 Å². The molecule has 1 fully saturated rings. The van der Waals surface area contributed by atoms with Gasteiger partial charge < -0.3 is 10.3 Å². The maximum atomic E-state index is 5.53. The molecule has 0 atom stereocenters. The molecule has 2 aromatic rings. The standard InChI is InChI=1S/C12H18N6/c1-17(9-5-2-3-6-9)12-14-11(15-13)10-7-4-8-18(10)16-12/h4,7-9H,2-3,5-6,13H2,1H3,(H,14,15,16). The highest BCUT2D eigenvalue weighted by molar-refractivity contribution is 5.68. The van der Waals surface area contributed by atoms with Gasteiger partial charge in [0.15, 0.2) is 5.82 Å². The van der Waals surface area contributed by atoms with Crippen LogP contribution in [0.3, 0.4) is 0 Å². The van der Waals surface area contributed by atoms with Gasteiger partial charge in [0.05, 0.1) is 0 Å². The van der Waals surface area contributed by atoms with Gasteiger partial charge >= 0.3 is 0 Å². The van der Waals surface area contributed by atoms with Crippen LogP contribution >= 0.6 is 0 Å². The zero-order chi connectivity index (χ0) is 12.5. The summed E-state index contributed by atoms with van der Waals surface area (Å²) in [4.78, 5) is 6.65. The molecule has 0 unspecified atom stereocenters. The first-order chi connectivity index (χ1) is 8.79. The molecule has 1 aliphatic rings. The minimum atomic E-state index is 0.545. The van der Waals surface area contributed by atoms with Gasteiger partial charge in [0.2, 0.25) is 5.95 Å². The molecule has 3 rings (SSSR count). The van der Waals surface area contributed by atoms with Gasteiger partial charge in [-0.15, -0.1) is 5.10 Å². The quantitative estimate of drug-likeness (QED) is 0.632. The first-order valence-electron chi connectivity index (χ1n) is 6.34. The summed E-state index contributed by atoms with van der Waals surface area (Å²) >= 11 is 0. The largest absolute Gasteiger partial charge is 0.340 e. The van der Waals surface area contributed by atoms with Crippen molar-refractivity contribution in [2.45, 2.75) is 31.7 Å². The van der Waals surface area contributed by atoms with E-state index in [0.29, 0.717) is 11.9 Å². The number of nitrogens with two attached hydrogens (primary N) is 1. The molecular formula is C12H18N6. The number of nitrogens with one attached hydrogen (secondary N) is 1. The number of hydrogen-bond donors (Lipinski definition) is 2. The summed E-state index contributed by atoms with van der Waals surface area (Å²) in [5.41, 5.74) is 3.53. The monoisotopic (exact) mass is 246 g/mol. The number of hydrazine groups is 1. The fourth-order valence-corrected chi connectivity index (χ4v) is 2.63. The molecule has 0 aromatic carbocycles. The molecule has 0 bridgehead atoms. The molecule has 6 nitrogen and oxygen atoms in total. The predicted octanol–water partition coefficient (Wildman–Crippen LogP) is 1.39. The second kappa shape index (κ2) is 4.45. The minimum absolute atomic E-state index is 0.545. The van der Waals surface area contributed by atoms with Crippen LogP contribution in [0.1, 0.15) is 25.7 Å². The van der Waals surface area contributed by atoms with Crippen molar-refractivity contribution >= 4 is 17.3 Å². The Morgan fingerprint density at radius 1 is 1.44 bits per heavy atom. The summed E-state index contributed by atoms with van der Waals surface area (Å²) in [5.74, 6) is 6.91. The normalized spacial score (nSPS) is 16.3. The van der Waals surface area contributed by atoms with Gasteiger partial charge in [0.25, 0.3) is 0 Å². The van der Waals surface area contributed by atoms with E-state index in [1.54, 1.807) is 0 Å². The molecule has 6 heteroatoms. The van der Waals surface area contributed by atoms with Crippen LogP contribution in [-0.4, -0.2) is 27.7 Å². The van der Waals surface area contributed by atoms with Gasteiger partial charge in [-0.05, 0) is 25.0 Å². The van der Waals surface area contributed by atoms with Crippen molar-refractivity contribution in [1.29, 1.82) is 0 Å². The lowest BCUT2D eigenvalue weighted by atomic mass is 10.2. The summed E-state index contributed by atoms with van der Waals surface area (Å²) in [5, 5.41) is 4.52. The molecule has 96 valence electrons. The van der Waals surface area contributed by atoms with Gasteiger partial charge in [0, 0.05) is 19.3 Å². The second-order valence-corrected chi connectivity index (χ2v) is 4.79. The Morgan fingerprint density at radius 2 is 2.22 bits per heavy atom. The zero-order valence-corrected chi connectivity index (χ0v) is 10.5. The molecule has 1 saturated carbocycles. The summed E-state index contributed by atoms with van der Waals surface area (Å²) in [7, 11) is 2.06. The van der Waals surface area contributed by atoms with E-state index in [-0.39, 0.29) is 0 Å². The van der Waals surface area contributed by atoms with Crippen molar-refractivity contribution in [3.05, 3.63) is 18.3 Å². The number of nitrogens with zero attached hydrogens (tertiary/aromatic N) is 4. The lowest BCUT2D eigenvalue weighted by molar-refractivity contribution is 0.630. The summed E-state index contributed by atoms with van der Waals surface area (Å²) < 4.78 is 1.81. The van der Waals surface area contributed by atoms with E-state index < -0.39 is 0 Å². The molecule has 1 aliphatic carbocycles. The Labute approximate surface area is 106 Å². The summed E-state index contributed by atoms with van der Waals surface area (Å²) in [6.07, 6.45) is 6.93. The Morgan fingerprint density at radius 3 is 2.94 bits per heavy atom. The fourth-order valence-electron chi connectivity index (χ4n) is 2.63. The number of rotatable bonds is 3. The van der Waals surface area contributed by atoms with E-state index in [1.807, 2.05) is 22.8 Å². The Hall–Kier alpha value is -1.82. The van der Waals surface area contributed by atoms with Crippen LogP contribution in [0.25, 0.3) is 5.52 Å². The topological polar surface area (TPSA) is 71.5 Å². The molecule has 2 aromatic heterocycles. The first kappa shape index (κ1) is 11.3. The average Bonchev–Trinajstić information content (AvgIpc) is 3.07. The molecule has 0 radical (unpaired) electrons. The van der Waals surface area contributed by atoms with E-state index in [1.165, 1.54) is 25.7 Å². The minimum Gasteiger partial charge on any atom is -0.340 e. The van der Waals surface area contributed by atoms with Crippen LogP contribution in [0.5, 0.6) is 0 Å². The molecule has 0 saturated heterocycles. The molecule has 2 heterocycles. The number of hydrogen-bond acceptors (Lipinski definition) is 5. The Bertz CT molecular complexity index is 542. The lowest BCUT2D eigenvalue weighted by Crippen LogP contribution is -2.31. The predicted molar refractivity (Wildman–Crippen MR) is 71.5 cm³/mol. The maximum Gasteiger partial charge on any atom is 0.245 e. The van der Waals surface area contributed by atoms with Crippen molar-refractivity contribution in [3.63, 3.8) is 0 Å². The van der Waals surface area contributed by atoms with Gasteiger partial charge in [-0.25, -0.2) is 10.4 Å². The zero-order valence-electron chi connectivity index (χ0n) is 10.5. The molecule has 0 aliphatic heterocycles. The first-order valence-corrected chi connectivity index (χ1v) is 6.34. The second-order valence-electron chi connectivity index (χ2n) is 4.79. The van der Waals surface area contributed by atoms with E-state index in [2.05, 4.69) is 27.5 Å². The van der Waals surface area contributed by atoms with Crippen molar-refractivity contribution in [3.8, 4) is 0 Å². The van der Waals surface area contributed by atoms with Crippen LogP contribution in [0.15, 0.2) is 18.3 Å². The number of aromatic nitrogens is 3. The van der Waals surface area contributed by atoms with Crippen molar-refractivity contribution in [2.24, 2.45) is 5.84 Å². The SMILES string of the molecule is CN(c1nc(NN)c2cccn2n1)C1CCCC1. The molecule has 18 heavy (non-hydrogen) atoms. The van der Waals surface area contributed by atoms with Crippen molar-refractivity contribution in [1.82, 2.24) is 14.6 Å². The molecular weight excluding hydrogens is 228 g/mol. The van der Waals surface area contributed by atoms with Gasteiger partial charge in [-0.3, -0.25) is 0 Å². The summed E-state index contributed by atoms with van der Waals surface area (Å²) in [6.45, 7) is 0. The molecule has 3 N–H and O–H groups in total.